The number of oxime groups is 1. The number of halogens is 3. The summed E-state index contributed by atoms with van der Waals surface area (Å²) < 4.78 is 38.2. The molecule has 0 atom stereocenters. The summed E-state index contributed by atoms with van der Waals surface area (Å²) in [4.78, 5) is 1.29. The standard InChI is InChI=1S/C13H16F3N3O/c1-8-2-5-10(12(17)18-20)11(6-8)19(9-3-4-9)7-13(14,15)16/h2,5-6,9,20H,3-4,7H2,1H3,(H2,17,18). The Kier molecular flexibility index (Phi) is 3.78. The number of nitrogens with two attached hydrogens (primary N) is 1. The largest absolute Gasteiger partial charge is 0.409 e. The maximum atomic E-state index is 12.7. The molecular weight excluding hydrogens is 271 g/mol. The van der Waals surface area contributed by atoms with E-state index in [2.05, 4.69) is 5.16 Å². The highest BCUT2D eigenvalue weighted by atomic mass is 19.4. The molecule has 110 valence electrons. The van der Waals surface area contributed by atoms with Gasteiger partial charge < -0.3 is 15.8 Å². The Balaban J connectivity index is 2.44. The fraction of sp³-hybridized carbons (Fsp3) is 0.462. The molecule has 1 aromatic rings. The monoisotopic (exact) mass is 287 g/mol. The van der Waals surface area contributed by atoms with Crippen LogP contribution in [0.5, 0.6) is 0 Å². The predicted octanol–water partition coefficient (Wildman–Crippen LogP) is 2.62. The molecule has 0 saturated heterocycles. The van der Waals surface area contributed by atoms with Crippen LogP contribution in [0.2, 0.25) is 0 Å². The number of amidine groups is 1. The number of benzene rings is 1. The molecule has 0 heterocycles. The third kappa shape index (κ3) is 3.34. The average Bonchev–Trinajstić information content (AvgIpc) is 3.18. The van der Waals surface area contributed by atoms with Gasteiger partial charge in [0.25, 0.3) is 0 Å². The van der Waals surface area contributed by atoms with Gasteiger partial charge in [-0.2, -0.15) is 13.2 Å². The fourth-order valence-electron chi connectivity index (χ4n) is 2.14. The zero-order chi connectivity index (χ0) is 14.9. The first-order chi connectivity index (χ1) is 9.31. The number of rotatable bonds is 4. The van der Waals surface area contributed by atoms with E-state index in [0.29, 0.717) is 11.3 Å². The minimum absolute atomic E-state index is 0.135. The summed E-state index contributed by atoms with van der Waals surface area (Å²) in [6.45, 7) is 0.755. The average molecular weight is 287 g/mol. The van der Waals surface area contributed by atoms with E-state index in [-0.39, 0.29) is 11.9 Å². The van der Waals surface area contributed by atoms with E-state index in [1.807, 2.05) is 0 Å². The SMILES string of the molecule is Cc1ccc(C(N)=NO)c(N(CC(F)(F)F)C2CC2)c1. The Morgan fingerprint density at radius 2 is 2.10 bits per heavy atom. The van der Waals surface area contributed by atoms with Crippen LogP contribution >= 0.6 is 0 Å². The zero-order valence-corrected chi connectivity index (χ0v) is 11.0. The highest BCUT2D eigenvalue weighted by Crippen LogP contribution is 2.36. The predicted molar refractivity (Wildman–Crippen MR) is 70.1 cm³/mol. The van der Waals surface area contributed by atoms with E-state index in [9.17, 15) is 13.2 Å². The van der Waals surface area contributed by atoms with Gasteiger partial charge in [0.2, 0.25) is 0 Å². The molecule has 3 N–H and O–H groups in total. The van der Waals surface area contributed by atoms with Crippen molar-refractivity contribution in [3.8, 4) is 0 Å². The summed E-state index contributed by atoms with van der Waals surface area (Å²) >= 11 is 0. The van der Waals surface area contributed by atoms with Gasteiger partial charge in [0, 0.05) is 17.3 Å². The van der Waals surface area contributed by atoms with Gasteiger partial charge in [-0.25, -0.2) is 0 Å². The van der Waals surface area contributed by atoms with Crippen LogP contribution in [0.15, 0.2) is 23.4 Å². The maximum Gasteiger partial charge on any atom is 0.405 e. The molecule has 1 fully saturated rings. The summed E-state index contributed by atoms with van der Waals surface area (Å²) in [7, 11) is 0. The summed E-state index contributed by atoms with van der Waals surface area (Å²) in [6.07, 6.45) is -2.85. The summed E-state index contributed by atoms with van der Waals surface area (Å²) in [6, 6.07) is 4.79. The van der Waals surface area contributed by atoms with Gasteiger partial charge in [0.1, 0.15) is 6.54 Å². The fourth-order valence-corrected chi connectivity index (χ4v) is 2.14. The number of alkyl halides is 3. The lowest BCUT2D eigenvalue weighted by molar-refractivity contribution is -0.120. The molecule has 7 heteroatoms. The number of anilines is 1. The quantitative estimate of drug-likeness (QED) is 0.387. The molecule has 20 heavy (non-hydrogen) atoms. The Hall–Kier alpha value is -1.92. The molecule has 0 unspecified atom stereocenters. The van der Waals surface area contributed by atoms with Crippen molar-refractivity contribution in [3.63, 3.8) is 0 Å². The highest BCUT2D eigenvalue weighted by Gasteiger charge is 2.39. The van der Waals surface area contributed by atoms with Gasteiger partial charge in [-0.15, -0.1) is 0 Å². The first kappa shape index (κ1) is 14.5. The van der Waals surface area contributed by atoms with Gasteiger partial charge in [0.05, 0.1) is 0 Å². The van der Waals surface area contributed by atoms with Crippen LogP contribution in [-0.4, -0.2) is 29.8 Å². The van der Waals surface area contributed by atoms with E-state index in [4.69, 9.17) is 10.9 Å². The molecule has 0 amide bonds. The first-order valence-electron chi connectivity index (χ1n) is 6.24. The first-order valence-corrected chi connectivity index (χ1v) is 6.24. The van der Waals surface area contributed by atoms with Crippen molar-refractivity contribution in [2.24, 2.45) is 10.9 Å². The van der Waals surface area contributed by atoms with Crippen molar-refractivity contribution >= 4 is 11.5 Å². The Morgan fingerprint density at radius 1 is 1.45 bits per heavy atom. The van der Waals surface area contributed by atoms with Gasteiger partial charge >= 0.3 is 6.18 Å². The van der Waals surface area contributed by atoms with E-state index < -0.39 is 12.7 Å². The van der Waals surface area contributed by atoms with Crippen LogP contribution < -0.4 is 10.6 Å². The second kappa shape index (κ2) is 5.22. The lowest BCUT2D eigenvalue weighted by Gasteiger charge is -2.28. The van der Waals surface area contributed by atoms with Crippen molar-refractivity contribution in [1.29, 1.82) is 0 Å². The Labute approximate surface area is 114 Å². The lowest BCUT2D eigenvalue weighted by Crippen LogP contribution is -2.37. The van der Waals surface area contributed by atoms with Gasteiger partial charge in [-0.3, -0.25) is 0 Å². The second-order valence-electron chi connectivity index (χ2n) is 4.98. The Morgan fingerprint density at radius 3 is 2.60 bits per heavy atom. The van der Waals surface area contributed by atoms with Crippen LogP contribution in [0.25, 0.3) is 0 Å². The molecule has 2 rings (SSSR count). The normalized spacial score (nSPS) is 16.3. The maximum absolute atomic E-state index is 12.7. The van der Waals surface area contributed by atoms with E-state index in [1.54, 1.807) is 25.1 Å². The molecule has 0 aromatic heterocycles. The smallest absolute Gasteiger partial charge is 0.405 e. The number of nitrogens with zero attached hydrogens (tertiary/aromatic N) is 2. The molecule has 0 bridgehead atoms. The third-order valence-electron chi connectivity index (χ3n) is 3.18. The number of aryl methyl sites for hydroxylation is 1. The summed E-state index contributed by atoms with van der Waals surface area (Å²) in [5, 5.41) is 11.7. The topological polar surface area (TPSA) is 61.9 Å². The van der Waals surface area contributed by atoms with Gasteiger partial charge in [0.15, 0.2) is 5.84 Å². The van der Waals surface area contributed by atoms with Crippen LogP contribution in [-0.2, 0) is 0 Å². The van der Waals surface area contributed by atoms with E-state index >= 15 is 0 Å². The van der Waals surface area contributed by atoms with Crippen LogP contribution in [0, 0.1) is 6.92 Å². The minimum Gasteiger partial charge on any atom is -0.409 e. The number of hydrogen-bond acceptors (Lipinski definition) is 3. The Bertz CT molecular complexity index is 524. The summed E-state index contributed by atoms with van der Waals surface area (Å²) in [5.74, 6) is -0.187. The van der Waals surface area contributed by atoms with Crippen LogP contribution in [0.4, 0.5) is 18.9 Å². The number of hydrogen-bond donors (Lipinski definition) is 2. The minimum atomic E-state index is -4.30. The molecule has 0 radical (unpaired) electrons. The molecule has 0 spiro atoms. The van der Waals surface area contributed by atoms with Crippen LogP contribution in [0.3, 0.4) is 0 Å². The second-order valence-corrected chi connectivity index (χ2v) is 4.98. The van der Waals surface area contributed by atoms with Crippen molar-refractivity contribution in [1.82, 2.24) is 0 Å². The summed E-state index contributed by atoms with van der Waals surface area (Å²) in [5.41, 5.74) is 7.06. The van der Waals surface area contributed by atoms with E-state index in [0.717, 1.165) is 18.4 Å². The molecular formula is C13H16F3N3O. The van der Waals surface area contributed by atoms with Crippen molar-refractivity contribution in [2.45, 2.75) is 32.0 Å². The molecule has 0 aliphatic heterocycles. The highest BCUT2D eigenvalue weighted by molar-refractivity contribution is 6.02. The lowest BCUT2D eigenvalue weighted by atomic mass is 10.1. The zero-order valence-electron chi connectivity index (χ0n) is 11.0. The van der Waals surface area contributed by atoms with Gasteiger partial charge in [-0.1, -0.05) is 11.2 Å². The van der Waals surface area contributed by atoms with Crippen LogP contribution in [0.1, 0.15) is 24.0 Å². The van der Waals surface area contributed by atoms with Crippen molar-refractivity contribution < 1.29 is 18.4 Å². The molecule has 1 aliphatic rings. The molecule has 1 aromatic carbocycles. The third-order valence-corrected chi connectivity index (χ3v) is 3.18. The van der Waals surface area contributed by atoms with Crippen molar-refractivity contribution in [3.05, 3.63) is 29.3 Å². The van der Waals surface area contributed by atoms with E-state index in [1.165, 1.54) is 4.90 Å². The molecule has 1 aliphatic carbocycles. The van der Waals surface area contributed by atoms with Gasteiger partial charge in [-0.05, 0) is 37.5 Å². The van der Waals surface area contributed by atoms with Crippen molar-refractivity contribution in [2.75, 3.05) is 11.4 Å². The molecule has 1 saturated carbocycles. The molecule has 4 nitrogen and oxygen atoms in total.